The molecule has 1 heterocycles. The Morgan fingerprint density at radius 1 is 1.22 bits per heavy atom. The fourth-order valence-electron chi connectivity index (χ4n) is 2.08. The van der Waals surface area contributed by atoms with Gasteiger partial charge in [0.15, 0.2) is 0 Å². The number of halogens is 1. The monoisotopic (exact) mass is 271 g/mol. The lowest BCUT2D eigenvalue weighted by atomic mass is 10.0. The smallest absolute Gasteiger partial charge is 0.253 e. The normalized spacial score (nSPS) is 10.7. The highest BCUT2D eigenvalue weighted by molar-refractivity contribution is 7.18. The summed E-state index contributed by atoms with van der Waals surface area (Å²) < 4.78 is 0.873. The summed E-state index contributed by atoms with van der Waals surface area (Å²) in [7, 11) is 0. The molecular weight excluding hydrogens is 266 g/mol. The fraction of sp³-hybridized carbons (Fsp3) is 0. The molecule has 0 aliphatic carbocycles. The van der Waals surface area contributed by atoms with Crippen LogP contribution in [0, 0.1) is 11.3 Å². The topological polar surface area (TPSA) is 40.9 Å². The molecule has 0 fully saturated rings. The van der Waals surface area contributed by atoms with Crippen LogP contribution in [-0.2, 0) is 0 Å². The van der Waals surface area contributed by atoms with Gasteiger partial charge in [0.2, 0.25) is 0 Å². The van der Waals surface area contributed by atoms with E-state index >= 15 is 0 Å². The highest BCUT2D eigenvalue weighted by Crippen LogP contribution is 2.33. The van der Waals surface area contributed by atoms with E-state index in [1.54, 1.807) is 12.1 Å². The Morgan fingerprint density at radius 3 is 2.78 bits per heavy atom. The molecule has 0 saturated carbocycles. The van der Waals surface area contributed by atoms with Gasteiger partial charge in [0.05, 0.1) is 17.2 Å². The maximum atomic E-state index is 11.4. The highest BCUT2D eigenvalue weighted by atomic mass is 35.5. The number of benzene rings is 2. The summed E-state index contributed by atoms with van der Waals surface area (Å²) in [6.45, 7) is 0. The first-order chi connectivity index (χ1) is 8.70. The van der Waals surface area contributed by atoms with Crippen molar-refractivity contribution in [1.82, 2.24) is 0 Å². The molecule has 18 heavy (non-hydrogen) atoms. The van der Waals surface area contributed by atoms with Crippen LogP contribution in [0.5, 0.6) is 0 Å². The van der Waals surface area contributed by atoms with Gasteiger partial charge in [0, 0.05) is 10.1 Å². The molecule has 0 N–H and O–H groups in total. The number of nitriles is 1. The molecule has 2 nitrogen and oxygen atoms in total. The summed E-state index contributed by atoms with van der Waals surface area (Å²) in [4.78, 5) is 11.4. The Hall–Kier alpha value is -1.89. The quantitative estimate of drug-likeness (QED) is 0.619. The first kappa shape index (κ1) is 11.2. The minimum Gasteiger partial charge on any atom is -0.276 e. The lowest BCUT2D eigenvalue weighted by molar-refractivity contribution is 0.108. The standard InChI is InChI=1S/C14H6ClNOS/c15-14(17)12-6-9-2-1-8(7-16)5-11(9)10-3-4-18-13(10)12/h1-6H. The molecular formula is C14H6ClNOS. The van der Waals surface area contributed by atoms with Gasteiger partial charge in [-0.1, -0.05) is 6.07 Å². The Bertz CT molecular complexity index is 829. The third-order valence-electron chi connectivity index (χ3n) is 2.89. The molecule has 0 saturated heterocycles. The molecule has 4 heteroatoms. The third-order valence-corrected chi connectivity index (χ3v) is 4.05. The van der Waals surface area contributed by atoms with Crippen LogP contribution in [0.4, 0.5) is 0 Å². The van der Waals surface area contributed by atoms with Crippen molar-refractivity contribution in [3.05, 3.63) is 46.8 Å². The summed E-state index contributed by atoms with van der Waals surface area (Å²) >= 11 is 7.10. The zero-order chi connectivity index (χ0) is 12.7. The molecule has 1 aromatic heterocycles. The summed E-state index contributed by atoms with van der Waals surface area (Å²) in [6.07, 6.45) is 0. The van der Waals surface area contributed by atoms with Crippen LogP contribution >= 0.6 is 22.9 Å². The number of fused-ring (bicyclic) bond motifs is 3. The van der Waals surface area contributed by atoms with Crippen LogP contribution in [0.2, 0.25) is 0 Å². The summed E-state index contributed by atoms with van der Waals surface area (Å²) in [5.74, 6) is 0. The van der Waals surface area contributed by atoms with E-state index < -0.39 is 5.24 Å². The second-order valence-corrected chi connectivity index (χ2v) is 5.17. The van der Waals surface area contributed by atoms with Crippen LogP contribution in [0.25, 0.3) is 20.9 Å². The lowest BCUT2D eigenvalue weighted by Crippen LogP contribution is -1.90. The molecule has 3 aromatic rings. The number of hydrogen-bond acceptors (Lipinski definition) is 3. The van der Waals surface area contributed by atoms with Crippen molar-refractivity contribution < 1.29 is 4.79 Å². The second kappa shape index (κ2) is 4.09. The number of carbonyl (C=O) groups excluding carboxylic acids is 1. The molecule has 0 radical (unpaired) electrons. The maximum absolute atomic E-state index is 11.4. The van der Waals surface area contributed by atoms with Crippen molar-refractivity contribution in [2.24, 2.45) is 0 Å². The molecule has 0 aliphatic heterocycles. The zero-order valence-electron chi connectivity index (χ0n) is 9.11. The zero-order valence-corrected chi connectivity index (χ0v) is 10.7. The van der Waals surface area contributed by atoms with Gasteiger partial charge in [-0.25, -0.2) is 0 Å². The maximum Gasteiger partial charge on any atom is 0.253 e. The largest absolute Gasteiger partial charge is 0.276 e. The van der Waals surface area contributed by atoms with Crippen molar-refractivity contribution in [1.29, 1.82) is 5.26 Å². The van der Waals surface area contributed by atoms with Crippen LogP contribution in [0.15, 0.2) is 35.7 Å². The number of nitrogens with zero attached hydrogens (tertiary/aromatic N) is 1. The summed E-state index contributed by atoms with van der Waals surface area (Å²) in [5.41, 5.74) is 1.14. The molecule has 86 valence electrons. The number of rotatable bonds is 1. The lowest BCUT2D eigenvalue weighted by Gasteiger charge is -2.04. The van der Waals surface area contributed by atoms with E-state index in [4.69, 9.17) is 16.9 Å². The van der Waals surface area contributed by atoms with Gasteiger partial charge in [0.25, 0.3) is 5.24 Å². The van der Waals surface area contributed by atoms with E-state index in [0.29, 0.717) is 11.1 Å². The predicted octanol–water partition coefficient (Wildman–Crippen LogP) is 4.31. The molecule has 0 bridgehead atoms. The first-order valence-corrected chi connectivity index (χ1v) is 6.50. The SMILES string of the molecule is N#Cc1ccc2cc(C(=O)Cl)c3sccc3c2c1. The summed E-state index contributed by atoms with van der Waals surface area (Å²) in [6, 6.07) is 11.3. The van der Waals surface area contributed by atoms with Crippen molar-refractivity contribution in [2.45, 2.75) is 0 Å². The van der Waals surface area contributed by atoms with Crippen LogP contribution in [-0.4, -0.2) is 5.24 Å². The first-order valence-electron chi connectivity index (χ1n) is 5.24. The van der Waals surface area contributed by atoms with Gasteiger partial charge in [-0.3, -0.25) is 4.79 Å². The molecule has 0 spiro atoms. The number of thiophene rings is 1. The Labute approximate surface area is 112 Å². The van der Waals surface area contributed by atoms with Crippen molar-refractivity contribution in [3.63, 3.8) is 0 Å². The van der Waals surface area contributed by atoms with E-state index in [-0.39, 0.29) is 0 Å². The van der Waals surface area contributed by atoms with Gasteiger partial charge in [-0.15, -0.1) is 11.3 Å². The van der Waals surface area contributed by atoms with Crippen LogP contribution in [0.1, 0.15) is 15.9 Å². The molecule has 3 rings (SSSR count). The van der Waals surface area contributed by atoms with Gasteiger partial charge >= 0.3 is 0 Å². The predicted molar refractivity (Wildman–Crippen MR) is 74.2 cm³/mol. The van der Waals surface area contributed by atoms with Crippen LogP contribution in [0.3, 0.4) is 0 Å². The van der Waals surface area contributed by atoms with Crippen molar-refractivity contribution in [3.8, 4) is 6.07 Å². The van der Waals surface area contributed by atoms with Gasteiger partial charge < -0.3 is 0 Å². The number of hydrogen-bond donors (Lipinski definition) is 0. The van der Waals surface area contributed by atoms with Gasteiger partial charge in [0.1, 0.15) is 0 Å². The van der Waals surface area contributed by atoms with E-state index in [1.165, 1.54) is 11.3 Å². The minimum absolute atomic E-state index is 0.450. The summed E-state index contributed by atoms with van der Waals surface area (Å²) in [5, 5.41) is 13.3. The Kier molecular flexibility index (Phi) is 2.55. The minimum atomic E-state index is -0.450. The van der Waals surface area contributed by atoms with Crippen molar-refractivity contribution in [2.75, 3.05) is 0 Å². The van der Waals surface area contributed by atoms with E-state index in [1.807, 2.05) is 23.6 Å². The van der Waals surface area contributed by atoms with E-state index in [0.717, 1.165) is 20.9 Å². The third kappa shape index (κ3) is 1.59. The Morgan fingerprint density at radius 2 is 2.06 bits per heavy atom. The van der Waals surface area contributed by atoms with Crippen LogP contribution < -0.4 is 0 Å². The highest BCUT2D eigenvalue weighted by Gasteiger charge is 2.12. The van der Waals surface area contributed by atoms with Crippen molar-refractivity contribution >= 4 is 49.0 Å². The van der Waals surface area contributed by atoms with Gasteiger partial charge in [-0.2, -0.15) is 5.26 Å². The molecule has 2 aromatic carbocycles. The molecule has 0 aliphatic rings. The Balaban J connectivity index is 2.52. The van der Waals surface area contributed by atoms with Gasteiger partial charge in [-0.05, 0) is 52.0 Å². The molecule has 0 amide bonds. The molecule has 0 unspecified atom stereocenters. The average molecular weight is 272 g/mol. The van der Waals surface area contributed by atoms with E-state index in [9.17, 15) is 4.79 Å². The van der Waals surface area contributed by atoms with E-state index in [2.05, 4.69) is 6.07 Å². The average Bonchev–Trinajstić information content (AvgIpc) is 2.86. The molecule has 0 atom stereocenters. The second-order valence-electron chi connectivity index (χ2n) is 3.91. The number of carbonyl (C=O) groups is 1. The fourth-order valence-corrected chi connectivity index (χ4v) is 3.21.